The molecule has 0 atom stereocenters. The predicted molar refractivity (Wildman–Crippen MR) is 92.6 cm³/mol. The number of hydrogen-bond donors (Lipinski definition) is 1. The van der Waals surface area contributed by atoms with Crippen LogP contribution in [0.1, 0.15) is 5.56 Å². The molecule has 0 saturated carbocycles. The fourth-order valence-corrected chi connectivity index (χ4v) is 2.79. The van der Waals surface area contributed by atoms with Gasteiger partial charge in [-0.15, -0.1) is 0 Å². The van der Waals surface area contributed by atoms with Crippen LogP contribution in [0.15, 0.2) is 53.4 Å². The van der Waals surface area contributed by atoms with E-state index in [0.29, 0.717) is 17.0 Å². The fraction of sp³-hybridized carbons (Fsp3) is 0.176. The van der Waals surface area contributed by atoms with E-state index in [1.165, 1.54) is 38.4 Å². The van der Waals surface area contributed by atoms with Gasteiger partial charge in [-0.1, -0.05) is 0 Å². The molecular formula is C17H17N3O4S. The van der Waals surface area contributed by atoms with E-state index in [1.54, 1.807) is 24.3 Å². The molecule has 130 valence electrons. The first-order valence-electron chi connectivity index (χ1n) is 7.28. The minimum atomic E-state index is -3.50. The van der Waals surface area contributed by atoms with Crippen LogP contribution in [0.2, 0.25) is 0 Å². The number of carbonyl (C=O) groups excluding carboxylic acids is 1. The minimum Gasteiger partial charge on any atom is -0.484 e. The summed E-state index contributed by atoms with van der Waals surface area (Å²) in [6.07, 6.45) is 0. The van der Waals surface area contributed by atoms with E-state index in [2.05, 4.69) is 5.32 Å². The largest absolute Gasteiger partial charge is 0.484 e. The summed E-state index contributed by atoms with van der Waals surface area (Å²) in [6.45, 7) is -0.205. The summed E-state index contributed by atoms with van der Waals surface area (Å²) >= 11 is 0. The van der Waals surface area contributed by atoms with Crippen LogP contribution in [0.4, 0.5) is 5.69 Å². The molecule has 0 heterocycles. The first-order chi connectivity index (χ1) is 11.8. The van der Waals surface area contributed by atoms with Crippen LogP contribution in [0.3, 0.4) is 0 Å². The molecule has 1 amide bonds. The van der Waals surface area contributed by atoms with Crippen molar-refractivity contribution in [1.29, 1.82) is 5.26 Å². The van der Waals surface area contributed by atoms with E-state index in [9.17, 15) is 13.2 Å². The van der Waals surface area contributed by atoms with Gasteiger partial charge in [-0.25, -0.2) is 12.7 Å². The minimum absolute atomic E-state index is 0.143. The van der Waals surface area contributed by atoms with Gasteiger partial charge in [0, 0.05) is 19.8 Å². The van der Waals surface area contributed by atoms with Crippen molar-refractivity contribution in [2.75, 3.05) is 26.0 Å². The normalized spacial score (nSPS) is 11.0. The molecule has 2 rings (SSSR count). The summed E-state index contributed by atoms with van der Waals surface area (Å²) in [6, 6.07) is 14.3. The second-order valence-electron chi connectivity index (χ2n) is 5.28. The lowest BCUT2D eigenvalue weighted by molar-refractivity contribution is -0.118. The number of ether oxygens (including phenoxy) is 1. The van der Waals surface area contributed by atoms with Crippen LogP contribution in [0, 0.1) is 11.3 Å². The van der Waals surface area contributed by atoms with Gasteiger partial charge in [0.25, 0.3) is 5.91 Å². The standard InChI is InChI=1S/C17H17N3O4S/c1-20(2)25(22,23)16-9-5-14(6-10-16)19-17(21)12-24-15-7-3-13(11-18)4-8-15/h3-10H,12H2,1-2H3,(H,19,21). The summed E-state index contributed by atoms with van der Waals surface area (Å²) in [4.78, 5) is 12.0. The Morgan fingerprint density at radius 3 is 2.24 bits per heavy atom. The highest BCUT2D eigenvalue weighted by Gasteiger charge is 2.16. The van der Waals surface area contributed by atoms with Crippen LogP contribution in [0.5, 0.6) is 5.75 Å². The fourth-order valence-electron chi connectivity index (χ4n) is 1.89. The number of anilines is 1. The monoisotopic (exact) mass is 359 g/mol. The summed E-state index contributed by atoms with van der Waals surface area (Å²) in [5.74, 6) is 0.0918. The van der Waals surface area contributed by atoms with E-state index in [1.807, 2.05) is 6.07 Å². The first-order valence-corrected chi connectivity index (χ1v) is 8.72. The van der Waals surface area contributed by atoms with Crippen LogP contribution < -0.4 is 10.1 Å². The molecule has 0 unspecified atom stereocenters. The number of sulfonamides is 1. The van der Waals surface area contributed by atoms with Crippen molar-refractivity contribution in [1.82, 2.24) is 4.31 Å². The molecule has 0 radical (unpaired) electrons. The number of nitriles is 1. The zero-order valence-corrected chi connectivity index (χ0v) is 14.6. The number of nitrogens with one attached hydrogen (secondary N) is 1. The Bertz CT molecular complexity index is 883. The van der Waals surface area contributed by atoms with Crippen molar-refractivity contribution in [3.63, 3.8) is 0 Å². The van der Waals surface area contributed by atoms with Gasteiger partial charge < -0.3 is 10.1 Å². The number of carbonyl (C=O) groups is 1. The van der Waals surface area contributed by atoms with Gasteiger partial charge >= 0.3 is 0 Å². The highest BCUT2D eigenvalue weighted by molar-refractivity contribution is 7.89. The van der Waals surface area contributed by atoms with Gasteiger partial charge in [0.2, 0.25) is 10.0 Å². The Labute approximate surface area is 146 Å². The third-order valence-electron chi connectivity index (χ3n) is 3.27. The Morgan fingerprint density at radius 1 is 1.12 bits per heavy atom. The van der Waals surface area contributed by atoms with Crippen molar-refractivity contribution in [2.24, 2.45) is 0 Å². The van der Waals surface area contributed by atoms with Crippen LogP contribution in [0.25, 0.3) is 0 Å². The average molecular weight is 359 g/mol. The molecule has 0 aliphatic heterocycles. The second-order valence-corrected chi connectivity index (χ2v) is 7.44. The summed E-state index contributed by atoms with van der Waals surface area (Å²) < 4.78 is 30.4. The molecular weight excluding hydrogens is 342 g/mol. The lowest BCUT2D eigenvalue weighted by Crippen LogP contribution is -2.22. The van der Waals surface area contributed by atoms with Crippen LogP contribution >= 0.6 is 0 Å². The Balaban J connectivity index is 1.93. The smallest absolute Gasteiger partial charge is 0.262 e. The van der Waals surface area contributed by atoms with Crippen LogP contribution in [-0.2, 0) is 14.8 Å². The van der Waals surface area contributed by atoms with E-state index < -0.39 is 10.0 Å². The summed E-state index contributed by atoms with van der Waals surface area (Å²) in [5.41, 5.74) is 0.968. The van der Waals surface area contributed by atoms with Gasteiger partial charge in [-0.2, -0.15) is 5.26 Å². The predicted octanol–water partition coefficient (Wildman–Crippen LogP) is 1.83. The SMILES string of the molecule is CN(C)S(=O)(=O)c1ccc(NC(=O)COc2ccc(C#N)cc2)cc1. The van der Waals surface area contributed by atoms with Crippen molar-refractivity contribution >= 4 is 21.6 Å². The lowest BCUT2D eigenvalue weighted by atomic mass is 10.2. The molecule has 0 aromatic heterocycles. The van der Waals surface area contributed by atoms with E-state index >= 15 is 0 Å². The molecule has 0 saturated heterocycles. The molecule has 25 heavy (non-hydrogen) atoms. The first kappa shape index (κ1) is 18.4. The van der Waals surface area contributed by atoms with Crippen molar-refractivity contribution in [2.45, 2.75) is 4.90 Å². The molecule has 2 aromatic rings. The molecule has 0 bridgehead atoms. The third-order valence-corrected chi connectivity index (χ3v) is 5.10. The molecule has 0 aliphatic carbocycles. The molecule has 1 N–H and O–H groups in total. The Hall–Kier alpha value is -2.89. The number of hydrogen-bond acceptors (Lipinski definition) is 5. The van der Waals surface area contributed by atoms with Crippen molar-refractivity contribution < 1.29 is 17.9 Å². The maximum absolute atomic E-state index is 12.0. The number of nitrogens with zero attached hydrogens (tertiary/aromatic N) is 2. The topological polar surface area (TPSA) is 99.5 Å². The molecule has 0 aliphatic rings. The molecule has 7 nitrogen and oxygen atoms in total. The van der Waals surface area contributed by atoms with E-state index in [0.717, 1.165) is 4.31 Å². The number of rotatable bonds is 6. The van der Waals surface area contributed by atoms with E-state index in [-0.39, 0.29) is 17.4 Å². The lowest BCUT2D eigenvalue weighted by Gasteiger charge is -2.12. The highest BCUT2D eigenvalue weighted by atomic mass is 32.2. The zero-order valence-electron chi connectivity index (χ0n) is 13.8. The molecule has 8 heteroatoms. The van der Waals surface area contributed by atoms with Crippen LogP contribution in [-0.4, -0.2) is 39.3 Å². The molecule has 2 aromatic carbocycles. The third kappa shape index (κ3) is 4.79. The highest BCUT2D eigenvalue weighted by Crippen LogP contribution is 2.17. The van der Waals surface area contributed by atoms with Crippen molar-refractivity contribution in [3.05, 3.63) is 54.1 Å². The maximum Gasteiger partial charge on any atom is 0.262 e. The Morgan fingerprint density at radius 2 is 1.72 bits per heavy atom. The average Bonchev–Trinajstić information content (AvgIpc) is 2.60. The van der Waals surface area contributed by atoms with Gasteiger partial charge in [0.15, 0.2) is 6.61 Å². The molecule has 0 spiro atoms. The number of benzene rings is 2. The van der Waals surface area contributed by atoms with Gasteiger partial charge in [-0.05, 0) is 48.5 Å². The Kier molecular flexibility index (Phi) is 5.75. The van der Waals surface area contributed by atoms with E-state index in [4.69, 9.17) is 10.00 Å². The van der Waals surface area contributed by atoms with Crippen molar-refractivity contribution in [3.8, 4) is 11.8 Å². The maximum atomic E-state index is 12.0. The number of amides is 1. The van der Waals surface area contributed by atoms with Gasteiger partial charge in [0.1, 0.15) is 5.75 Å². The zero-order chi connectivity index (χ0) is 18.4. The second kappa shape index (κ2) is 7.79. The summed E-state index contributed by atoms with van der Waals surface area (Å²) in [7, 11) is -0.601. The summed E-state index contributed by atoms with van der Waals surface area (Å²) in [5, 5.41) is 11.3. The quantitative estimate of drug-likeness (QED) is 0.848. The molecule has 0 fully saturated rings. The van der Waals surface area contributed by atoms with Gasteiger partial charge in [0.05, 0.1) is 16.5 Å². The van der Waals surface area contributed by atoms with Gasteiger partial charge in [-0.3, -0.25) is 4.79 Å².